The van der Waals surface area contributed by atoms with Gasteiger partial charge < -0.3 is 10.1 Å². The lowest BCUT2D eigenvalue weighted by Gasteiger charge is -2.08. The zero-order chi connectivity index (χ0) is 18.4. The van der Waals surface area contributed by atoms with Gasteiger partial charge in [-0.3, -0.25) is 9.59 Å². The number of anilines is 1. The highest BCUT2D eigenvalue weighted by molar-refractivity contribution is 6.30. The Morgan fingerprint density at radius 3 is 2.12 bits per heavy atom. The molecule has 0 bridgehead atoms. The SMILES string of the molecule is O=C(COc1ccc(NC(=O)c2ccc(Cl)cc2)cc1)c1ccccc1. The van der Waals surface area contributed by atoms with Crippen molar-refractivity contribution in [2.45, 2.75) is 0 Å². The largest absolute Gasteiger partial charge is 0.485 e. The van der Waals surface area contributed by atoms with Crippen LogP contribution in [0.3, 0.4) is 0 Å². The van der Waals surface area contributed by atoms with Crippen molar-refractivity contribution < 1.29 is 14.3 Å². The van der Waals surface area contributed by atoms with Gasteiger partial charge in [-0.25, -0.2) is 0 Å². The van der Waals surface area contributed by atoms with Crippen molar-refractivity contribution in [3.05, 3.63) is 95.0 Å². The molecule has 0 radical (unpaired) electrons. The minimum absolute atomic E-state index is 0.0412. The van der Waals surface area contributed by atoms with E-state index in [2.05, 4.69) is 5.32 Å². The van der Waals surface area contributed by atoms with E-state index < -0.39 is 0 Å². The minimum Gasteiger partial charge on any atom is -0.485 e. The third-order valence-corrected chi connectivity index (χ3v) is 3.94. The maximum Gasteiger partial charge on any atom is 0.255 e. The normalized spacial score (nSPS) is 10.2. The number of amides is 1. The molecule has 3 aromatic carbocycles. The van der Waals surface area contributed by atoms with E-state index in [0.29, 0.717) is 27.6 Å². The summed E-state index contributed by atoms with van der Waals surface area (Å²) in [7, 11) is 0. The van der Waals surface area contributed by atoms with E-state index in [1.54, 1.807) is 60.7 Å². The highest BCUT2D eigenvalue weighted by atomic mass is 35.5. The lowest BCUT2D eigenvalue weighted by Crippen LogP contribution is -2.12. The molecular formula is C21H16ClNO3. The standard InChI is InChI=1S/C21H16ClNO3/c22-17-8-6-16(7-9-17)21(25)23-18-10-12-19(13-11-18)26-14-20(24)15-4-2-1-3-5-15/h1-13H,14H2,(H,23,25). The predicted octanol–water partition coefficient (Wildman–Crippen LogP) is 4.85. The third-order valence-electron chi connectivity index (χ3n) is 3.68. The number of hydrogen-bond donors (Lipinski definition) is 1. The van der Waals surface area contributed by atoms with Crippen molar-refractivity contribution in [1.82, 2.24) is 0 Å². The first-order valence-electron chi connectivity index (χ1n) is 8.00. The van der Waals surface area contributed by atoms with Gasteiger partial charge in [0.1, 0.15) is 5.75 Å². The smallest absolute Gasteiger partial charge is 0.255 e. The van der Waals surface area contributed by atoms with Crippen LogP contribution in [0.4, 0.5) is 5.69 Å². The Hall–Kier alpha value is -3.11. The number of rotatable bonds is 6. The summed E-state index contributed by atoms with van der Waals surface area (Å²) in [4.78, 5) is 24.2. The Morgan fingerprint density at radius 1 is 0.808 bits per heavy atom. The fourth-order valence-corrected chi connectivity index (χ4v) is 2.42. The first kappa shape index (κ1) is 17.7. The Labute approximate surface area is 156 Å². The summed E-state index contributed by atoms with van der Waals surface area (Å²) in [5, 5.41) is 3.37. The molecule has 1 amide bonds. The van der Waals surface area contributed by atoms with Crippen molar-refractivity contribution in [2.24, 2.45) is 0 Å². The first-order valence-corrected chi connectivity index (χ1v) is 8.37. The van der Waals surface area contributed by atoms with Gasteiger partial charge in [-0.2, -0.15) is 0 Å². The number of carbonyl (C=O) groups is 2. The molecule has 0 unspecified atom stereocenters. The van der Waals surface area contributed by atoms with Gasteiger partial charge in [-0.1, -0.05) is 41.9 Å². The topological polar surface area (TPSA) is 55.4 Å². The van der Waals surface area contributed by atoms with E-state index in [9.17, 15) is 9.59 Å². The second kappa shape index (κ2) is 8.32. The number of halogens is 1. The van der Waals surface area contributed by atoms with Crippen LogP contribution in [0.5, 0.6) is 5.75 Å². The van der Waals surface area contributed by atoms with Crippen molar-refractivity contribution in [1.29, 1.82) is 0 Å². The number of carbonyl (C=O) groups excluding carboxylic acids is 2. The number of hydrogen-bond acceptors (Lipinski definition) is 3. The summed E-state index contributed by atoms with van der Waals surface area (Å²) in [5.74, 6) is 0.235. The molecule has 26 heavy (non-hydrogen) atoms. The quantitative estimate of drug-likeness (QED) is 0.635. The monoisotopic (exact) mass is 365 g/mol. The number of ketones is 1. The highest BCUT2D eigenvalue weighted by Gasteiger charge is 2.08. The summed E-state index contributed by atoms with van der Waals surface area (Å²) in [5.41, 5.74) is 1.76. The Kier molecular flexibility index (Phi) is 5.66. The van der Waals surface area contributed by atoms with Crippen molar-refractivity contribution in [3.8, 4) is 5.75 Å². The summed E-state index contributed by atoms with van der Waals surface area (Å²) in [6.45, 7) is -0.0412. The average molecular weight is 366 g/mol. The van der Waals surface area contributed by atoms with E-state index in [1.165, 1.54) is 0 Å². The van der Waals surface area contributed by atoms with Gasteiger partial charge >= 0.3 is 0 Å². The molecule has 0 aromatic heterocycles. The molecule has 5 heteroatoms. The number of benzene rings is 3. The lowest BCUT2D eigenvalue weighted by atomic mass is 10.1. The summed E-state index contributed by atoms with van der Waals surface area (Å²) >= 11 is 5.82. The molecule has 3 rings (SSSR count). The number of Topliss-reactive ketones (excluding diaryl/α,β-unsaturated/α-hetero) is 1. The molecule has 130 valence electrons. The zero-order valence-corrected chi connectivity index (χ0v) is 14.6. The molecule has 0 aliphatic heterocycles. The second-order valence-corrected chi connectivity index (χ2v) is 6.00. The molecular weight excluding hydrogens is 350 g/mol. The van der Waals surface area contributed by atoms with Crippen LogP contribution in [0.1, 0.15) is 20.7 Å². The van der Waals surface area contributed by atoms with Crippen LogP contribution in [-0.2, 0) is 0 Å². The fourth-order valence-electron chi connectivity index (χ4n) is 2.30. The van der Waals surface area contributed by atoms with E-state index in [0.717, 1.165) is 0 Å². The summed E-state index contributed by atoms with van der Waals surface area (Å²) in [6, 6.07) is 22.5. The predicted molar refractivity (Wildman–Crippen MR) is 102 cm³/mol. The second-order valence-electron chi connectivity index (χ2n) is 5.56. The first-order chi connectivity index (χ1) is 12.6. The van der Waals surface area contributed by atoms with Crippen LogP contribution in [0, 0.1) is 0 Å². The van der Waals surface area contributed by atoms with Gasteiger partial charge in [0, 0.05) is 21.8 Å². The maximum atomic E-state index is 12.2. The molecule has 0 saturated heterocycles. The van der Waals surface area contributed by atoms with Gasteiger partial charge in [-0.05, 0) is 48.5 Å². The van der Waals surface area contributed by atoms with Gasteiger partial charge in [0.25, 0.3) is 5.91 Å². The number of ether oxygens (including phenoxy) is 1. The molecule has 0 atom stereocenters. The summed E-state index contributed by atoms with van der Waals surface area (Å²) in [6.07, 6.45) is 0. The third kappa shape index (κ3) is 4.71. The van der Waals surface area contributed by atoms with E-state index in [4.69, 9.17) is 16.3 Å². The number of nitrogens with one attached hydrogen (secondary N) is 1. The van der Waals surface area contributed by atoms with Crippen LogP contribution in [-0.4, -0.2) is 18.3 Å². The fraction of sp³-hybridized carbons (Fsp3) is 0.0476. The molecule has 0 saturated carbocycles. The maximum absolute atomic E-state index is 12.2. The van der Waals surface area contributed by atoms with Crippen molar-refractivity contribution >= 4 is 29.0 Å². The molecule has 0 heterocycles. The van der Waals surface area contributed by atoms with Gasteiger partial charge in [0.2, 0.25) is 0 Å². The van der Waals surface area contributed by atoms with Gasteiger partial charge in [0.05, 0.1) is 0 Å². The molecule has 4 nitrogen and oxygen atoms in total. The Morgan fingerprint density at radius 2 is 1.46 bits per heavy atom. The van der Waals surface area contributed by atoms with Gasteiger partial charge in [0.15, 0.2) is 12.4 Å². The zero-order valence-electron chi connectivity index (χ0n) is 13.8. The van der Waals surface area contributed by atoms with E-state index in [1.807, 2.05) is 18.2 Å². The minimum atomic E-state index is -0.227. The van der Waals surface area contributed by atoms with Gasteiger partial charge in [-0.15, -0.1) is 0 Å². The van der Waals surface area contributed by atoms with Crippen LogP contribution < -0.4 is 10.1 Å². The van der Waals surface area contributed by atoms with Crippen LogP contribution in [0.15, 0.2) is 78.9 Å². The van der Waals surface area contributed by atoms with E-state index >= 15 is 0 Å². The highest BCUT2D eigenvalue weighted by Crippen LogP contribution is 2.17. The Balaban J connectivity index is 1.55. The van der Waals surface area contributed by atoms with Crippen LogP contribution >= 0.6 is 11.6 Å². The Bertz CT molecular complexity index is 891. The van der Waals surface area contributed by atoms with E-state index in [-0.39, 0.29) is 18.3 Å². The van der Waals surface area contributed by atoms with Crippen LogP contribution in [0.25, 0.3) is 0 Å². The molecule has 0 aliphatic rings. The average Bonchev–Trinajstić information content (AvgIpc) is 2.68. The van der Waals surface area contributed by atoms with Crippen LogP contribution in [0.2, 0.25) is 5.02 Å². The molecule has 1 N–H and O–H groups in total. The molecule has 3 aromatic rings. The van der Waals surface area contributed by atoms with Crippen molar-refractivity contribution in [3.63, 3.8) is 0 Å². The summed E-state index contributed by atoms with van der Waals surface area (Å²) < 4.78 is 5.50. The van der Waals surface area contributed by atoms with Crippen molar-refractivity contribution in [2.75, 3.05) is 11.9 Å². The molecule has 0 aliphatic carbocycles. The molecule has 0 spiro atoms. The molecule has 0 fully saturated rings. The lowest BCUT2D eigenvalue weighted by molar-refractivity contribution is 0.0921.